The number of carbonyl (C=O) groups excluding carboxylic acids is 1. The Hall–Kier alpha value is -2.49. The maximum atomic E-state index is 12.3. The molecule has 0 fully saturated rings. The third-order valence-electron chi connectivity index (χ3n) is 4.67. The van der Waals surface area contributed by atoms with Crippen LogP contribution in [0.5, 0.6) is 0 Å². The fourth-order valence-electron chi connectivity index (χ4n) is 3.02. The van der Waals surface area contributed by atoms with Crippen molar-refractivity contribution < 1.29 is 13.2 Å². The minimum atomic E-state index is -3.64. The number of hydrogen-bond donors (Lipinski definition) is 2. The molecule has 0 aliphatic carbocycles. The van der Waals surface area contributed by atoms with Crippen molar-refractivity contribution in [3.05, 3.63) is 76.0 Å². The monoisotopic (exact) mass is 490 g/mol. The highest BCUT2D eigenvalue weighted by atomic mass is 79.9. The van der Waals surface area contributed by atoms with Crippen LogP contribution in [-0.4, -0.2) is 30.7 Å². The van der Waals surface area contributed by atoms with E-state index >= 15 is 0 Å². The number of halogens is 1. The maximum Gasteiger partial charge on any atom is 0.240 e. The van der Waals surface area contributed by atoms with Crippen LogP contribution in [0.25, 0.3) is 5.69 Å². The number of carbonyl (C=O) groups is 1. The van der Waals surface area contributed by atoms with E-state index in [1.165, 1.54) is 12.1 Å². The third kappa shape index (κ3) is 5.35. The van der Waals surface area contributed by atoms with Gasteiger partial charge in [0.15, 0.2) is 0 Å². The predicted octanol–water partition coefficient (Wildman–Crippen LogP) is 3.24. The van der Waals surface area contributed by atoms with Crippen molar-refractivity contribution in [3.8, 4) is 5.69 Å². The molecule has 0 spiro atoms. The average molecular weight is 491 g/mol. The van der Waals surface area contributed by atoms with E-state index in [1.807, 2.05) is 48.9 Å². The van der Waals surface area contributed by atoms with Crippen molar-refractivity contribution in [2.75, 3.05) is 6.54 Å². The van der Waals surface area contributed by atoms with Gasteiger partial charge in [0.25, 0.3) is 0 Å². The van der Waals surface area contributed by atoms with Crippen LogP contribution in [0, 0.1) is 13.8 Å². The maximum absolute atomic E-state index is 12.3. The van der Waals surface area contributed by atoms with Crippen LogP contribution in [0.2, 0.25) is 0 Å². The quantitative estimate of drug-likeness (QED) is 0.506. The summed E-state index contributed by atoms with van der Waals surface area (Å²) in [6.07, 6.45) is 0.0423. The van der Waals surface area contributed by atoms with Crippen molar-refractivity contribution in [1.82, 2.24) is 19.8 Å². The molecular formula is C21H23BrN4O3S. The molecule has 0 radical (unpaired) electrons. The van der Waals surface area contributed by atoms with Gasteiger partial charge in [0.2, 0.25) is 15.9 Å². The lowest BCUT2D eigenvalue weighted by molar-refractivity contribution is -0.121. The summed E-state index contributed by atoms with van der Waals surface area (Å²) < 4.78 is 29.6. The second-order valence-corrected chi connectivity index (χ2v) is 9.46. The van der Waals surface area contributed by atoms with E-state index in [0.29, 0.717) is 6.54 Å². The van der Waals surface area contributed by atoms with Gasteiger partial charge in [-0.3, -0.25) is 4.79 Å². The van der Waals surface area contributed by atoms with Crippen LogP contribution in [0.1, 0.15) is 23.4 Å². The summed E-state index contributed by atoms with van der Waals surface area (Å²) in [6, 6.07) is 16.1. The molecule has 0 unspecified atom stereocenters. The van der Waals surface area contributed by atoms with E-state index in [1.54, 1.807) is 12.1 Å². The molecule has 2 N–H and O–H groups in total. The smallest absolute Gasteiger partial charge is 0.240 e. The summed E-state index contributed by atoms with van der Waals surface area (Å²) >= 11 is 3.27. The van der Waals surface area contributed by atoms with Gasteiger partial charge < -0.3 is 5.32 Å². The number of amides is 1. The van der Waals surface area contributed by atoms with Crippen molar-refractivity contribution in [2.24, 2.45) is 0 Å². The Labute approximate surface area is 184 Å². The zero-order valence-corrected chi connectivity index (χ0v) is 19.1. The zero-order valence-electron chi connectivity index (χ0n) is 16.7. The summed E-state index contributed by atoms with van der Waals surface area (Å²) in [5.41, 5.74) is 3.70. The van der Waals surface area contributed by atoms with Crippen LogP contribution in [0.15, 0.2) is 64.0 Å². The SMILES string of the molecule is Cc1nn(-c2ccccc2)c(C)c1CNC(=O)CCNS(=O)(=O)c1ccc(Br)cc1. The van der Waals surface area contributed by atoms with Crippen LogP contribution >= 0.6 is 15.9 Å². The fraction of sp³-hybridized carbons (Fsp3) is 0.238. The van der Waals surface area contributed by atoms with Crippen LogP contribution in [0.4, 0.5) is 0 Å². The van der Waals surface area contributed by atoms with E-state index in [0.717, 1.165) is 27.1 Å². The molecular weight excluding hydrogens is 468 g/mol. The van der Waals surface area contributed by atoms with Gasteiger partial charge in [0.1, 0.15) is 0 Å². The van der Waals surface area contributed by atoms with E-state index in [2.05, 4.69) is 31.1 Å². The predicted molar refractivity (Wildman–Crippen MR) is 119 cm³/mol. The van der Waals surface area contributed by atoms with Gasteiger partial charge in [0, 0.05) is 35.2 Å². The Kier molecular flexibility index (Phi) is 7.06. The summed E-state index contributed by atoms with van der Waals surface area (Å²) in [6.45, 7) is 4.22. The second kappa shape index (κ2) is 9.55. The summed E-state index contributed by atoms with van der Waals surface area (Å²) in [5.74, 6) is -0.236. The first kappa shape index (κ1) is 22.2. The molecule has 7 nitrogen and oxygen atoms in total. The lowest BCUT2D eigenvalue weighted by Gasteiger charge is -2.09. The molecule has 0 saturated carbocycles. The van der Waals surface area contributed by atoms with E-state index in [-0.39, 0.29) is 23.8 Å². The lowest BCUT2D eigenvalue weighted by atomic mass is 10.2. The molecule has 3 aromatic rings. The first-order chi connectivity index (χ1) is 14.3. The van der Waals surface area contributed by atoms with Crippen LogP contribution in [-0.2, 0) is 21.4 Å². The molecule has 0 bridgehead atoms. The third-order valence-corrected chi connectivity index (χ3v) is 6.68. The largest absolute Gasteiger partial charge is 0.352 e. The van der Waals surface area contributed by atoms with Crippen molar-refractivity contribution in [1.29, 1.82) is 0 Å². The molecule has 1 amide bonds. The Morgan fingerprint density at radius 3 is 2.40 bits per heavy atom. The number of aromatic nitrogens is 2. The van der Waals surface area contributed by atoms with Crippen molar-refractivity contribution in [2.45, 2.75) is 31.7 Å². The van der Waals surface area contributed by atoms with Gasteiger partial charge in [-0.2, -0.15) is 5.10 Å². The molecule has 30 heavy (non-hydrogen) atoms. The van der Waals surface area contributed by atoms with Gasteiger partial charge in [-0.05, 0) is 50.2 Å². The molecule has 0 aliphatic heterocycles. The molecule has 1 heterocycles. The minimum absolute atomic E-state index is 0.0193. The fourth-order valence-corrected chi connectivity index (χ4v) is 4.32. The Bertz CT molecular complexity index is 1130. The van der Waals surface area contributed by atoms with Gasteiger partial charge in [-0.25, -0.2) is 17.8 Å². The number of nitrogens with one attached hydrogen (secondary N) is 2. The highest BCUT2D eigenvalue weighted by Gasteiger charge is 2.16. The Balaban J connectivity index is 1.54. The average Bonchev–Trinajstić information content (AvgIpc) is 3.01. The number of sulfonamides is 1. The first-order valence-corrected chi connectivity index (χ1v) is 11.7. The summed E-state index contributed by atoms with van der Waals surface area (Å²) in [4.78, 5) is 12.4. The zero-order chi connectivity index (χ0) is 21.7. The molecule has 1 aromatic heterocycles. The highest BCUT2D eigenvalue weighted by molar-refractivity contribution is 9.10. The molecule has 3 rings (SSSR count). The Morgan fingerprint density at radius 1 is 1.07 bits per heavy atom. The molecule has 0 aliphatic rings. The molecule has 2 aromatic carbocycles. The number of benzene rings is 2. The standard InChI is InChI=1S/C21H23BrN4O3S/c1-15-20(16(2)26(25-15)18-6-4-3-5-7-18)14-23-21(27)12-13-24-30(28,29)19-10-8-17(22)9-11-19/h3-11,24H,12-14H2,1-2H3,(H,23,27). The summed E-state index contributed by atoms with van der Waals surface area (Å²) in [5, 5.41) is 7.41. The van der Waals surface area contributed by atoms with Gasteiger partial charge in [-0.1, -0.05) is 34.1 Å². The van der Waals surface area contributed by atoms with Gasteiger partial charge >= 0.3 is 0 Å². The van der Waals surface area contributed by atoms with E-state index < -0.39 is 10.0 Å². The molecule has 158 valence electrons. The van der Waals surface area contributed by atoms with E-state index in [4.69, 9.17) is 0 Å². The normalized spacial score (nSPS) is 11.4. The molecule has 9 heteroatoms. The molecule has 0 saturated heterocycles. The topological polar surface area (TPSA) is 93.1 Å². The van der Waals surface area contributed by atoms with Gasteiger partial charge in [0.05, 0.1) is 16.3 Å². The number of rotatable bonds is 8. The number of aryl methyl sites for hydroxylation is 1. The second-order valence-electron chi connectivity index (χ2n) is 6.78. The first-order valence-electron chi connectivity index (χ1n) is 9.40. The van der Waals surface area contributed by atoms with Crippen LogP contribution in [0.3, 0.4) is 0 Å². The lowest BCUT2D eigenvalue weighted by Crippen LogP contribution is -2.30. The number of hydrogen-bond acceptors (Lipinski definition) is 4. The number of nitrogens with zero attached hydrogens (tertiary/aromatic N) is 2. The molecule has 0 atom stereocenters. The summed E-state index contributed by atoms with van der Waals surface area (Å²) in [7, 11) is -3.64. The van der Waals surface area contributed by atoms with Crippen molar-refractivity contribution in [3.63, 3.8) is 0 Å². The van der Waals surface area contributed by atoms with Gasteiger partial charge in [-0.15, -0.1) is 0 Å². The van der Waals surface area contributed by atoms with Crippen LogP contribution < -0.4 is 10.0 Å². The Morgan fingerprint density at radius 2 is 1.73 bits per heavy atom. The minimum Gasteiger partial charge on any atom is -0.352 e. The van der Waals surface area contributed by atoms with Crippen molar-refractivity contribution >= 4 is 31.9 Å². The highest BCUT2D eigenvalue weighted by Crippen LogP contribution is 2.18. The number of para-hydroxylation sites is 1. The van der Waals surface area contributed by atoms with E-state index in [9.17, 15) is 13.2 Å².